The Morgan fingerprint density at radius 1 is 1.05 bits per heavy atom. The van der Waals surface area contributed by atoms with Crippen LogP contribution < -0.4 is 0 Å². The zero-order valence-corrected chi connectivity index (χ0v) is 13.1. The number of ether oxygens (including phenoxy) is 3. The minimum absolute atomic E-state index is 0.396. The van der Waals surface area contributed by atoms with E-state index in [-0.39, 0.29) is 0 Å². The van der Waals surface area contributed by atoms with E-state index in [4.69, 9.17) is 19.3 Å². The van der Waals surface area contributed by atoms with Crippen LogP contribution in [0.2, 0.25) is 0 Å². The van der Waals surface area contributed by atoms with E-state index in [0.29, 0.717) is 33.0 Å². The fourth-order valence-electron chi connectivity index (χ4n) is 2.19. The highest BCUT2D eigenvalue weighted by Gasteiger charge is 2.24. The molecule has 7 nitrogen and oxygen atoms in total. The predicted molar refractivity (Wildman–Crippen MR) is 78.6 cm³/mol. The summed E-state index contributed by atoms with van der Waals surface area (Å²) in [4.78, 5) is 15.2. The van der Waals surface area contributed by atoms with Gasteiger partial charge in [0.2, 0.25) is 0 Å². The zero-order chi connectivity index (χ0) is 15.5. The topological polar surface area (TPSA) is 71.5 Å². The Balaban J connectivity index is 1.97. The Morgan fingerprint density at radius 3 is 2.19 bits per heavy atom. The van der Waals surface area contributed by atoms with Gasteiger partial charge in [-0.3, -0.25) is 14.6 Å². The second-order valence-corrected chi connectivity index (χ2v) is 5.11. The third kappa shape index (κ3) is 7.73. The highest BCUT2D eigenvalue weighted by atomic mass is 16.5. The van der Waals surface area contributed by atoms with Crippen molar-refractivity contribution in [2.45, 2.75) is 13.0 Å². The highest BCUT2D eigenvalue weighted by molar-refractivity contribution is 5.72. The molecule has 124 valence electrons. The molecule has 1 fully saturated rings. The number of carboxylic acids is 1. The molecular weight excluding hydrogens is 276 g/mol. The molecule has 0 aromatic rings. The summed E-state index contributed by atoms with van der Waals surface area (Å²) in [5.74, 6) is -0.750. The molecule has 1 unspecified atom stereocenters. The number of hydrogen-bond acceptors (Lipinski definition) is 6. The number of rotatable bonds is 11. The average Bonchev–Trinajstić information content (AvgIpc) is 2.49. The Morgan fingerprint density at radius 2 is 1.62 bits per heavy atom. The van der Waals surface area contributed by atoms with Crippen LogP contribution >= 0.6 is 0 Å². The van der Waals surface area contributed by atoms with Crippen LogP contribution in [0, 0.1) is 0 Å². The molecule has 0 amide bonds. The molecule has 7 heteroatoms. The minimum atomic E-state index is -0.750. The van der Waals surface area contributed by atoms with Crippen molar-refractivity contribution < 1.29 is 24.1 Å². The number of methoxy groups -OCH3 is 1. The standard InChI is InChI=1S/C14H28N2O5/c1-13(14(17)18)16-5-3-15(4-6-16)7-8-20-11-12-21-10-9-19-2/h13H,3-12H2,1-2H3,(H,17,18). The summed E-state index contributed by atoms with van der Waals surface area (Å²) >= 11 is 0. The first-order chi connectivity index (χ1) is 10.1. The van der Waals surface area contributed by atoms with Crippen LogP contribution in [-0.4, -0.2) is 99.8 Å². The molecule has 1 N–H and O–H groups in total. The zero-order valence-electron chi connectivity index (χ0n) is 13.1. The monoisotopic (exact) mass is 304 g/mol. The summed E-state index contributed by atoms with van der Waals surface area (Å²) in [6, 6.07) is -0.396. The van der Waals surface area contributed by atoms with Gasteiger partial charge in [-0.1, -0.05) is 0 Å². The minimum Gasteiger partial charge on any atom is -0.480 e. The van der Waals surface area contributed by atoms with Gasteiger partial charge in [0.05, 0.1) is 33.0 Å². The summed E-state index contributed by atoms with van der Waals surface area (Å²) in [5.41, 5.74) is 0. The maximum absolute atomic E-state index is 10.9. The van der Waals surface area contributed by atoms with Crippen molar-refractivity contribution >= 4 is 5.97 Å². The molecule has 0 saturated carbocycles. The molecule has 1 atom stereocenters. The molecule has 0 radical (unpaired) electrons. The van der Waals surface area contributed by atoms with E-state index < -0.39 is 12.0 Å². The number of aliphatic carboxylic acids is 1. The SMILES string of the molecule is COCCOCCOCCN1CCN(C(C)C(=O)O)CC1. The lowest BCUT2D eigenvalue weighted by Crippen LogP contribution is -2.52. The summed E-state index contributed by atoms with van der Waals surface area (Å²) < 4.78 is 15.7. The van der Waals surface area contributed by atoms with Crippen LogP contribution in [0.1, 0.15) is 6.92 Å². The molecule has 1 rings (SSSR count). The molecule has 21 heavy (non-hydrogen) atoms. The van der Waals surface area contributed by atoms with Crippen LogP contribution in [-0.2, 0) is 19.0 Å². The Kier molecular flexibility index (Phi) is 9.53. The molecule has 0 spiro atoms. The van der Waals surface area contributed by atoms with Gasteiger partial charge in [0.25, 0.3) is 0 Å². The van der Waals surface area contributed by atoms with Crippen molar-refractivity contribution in [3.8, 4) is 0 Å². The number of piperazine rings is 1. The quantitative estimate of drug-likeness (QED) is 0.528. The van der Waals surface area contributed by atoms with Crippen molar-refractivity contribution in [1.29, 1.82) is 0 Å². The molecule has 1 aliphatic rings. The van der Waals surface area contributed by atoms with Gasteiger partial charge in [0, 0.05) is 39.8 Å². The first kappa shape index (κ1) is 18.3. The Labute approximate surface area is 126 Å². The Bertz CT molecular complexity index is 283. The number of nitrogens with zero attached hydrogens (tertiary/aromatic N) is 2. The molecule has 1 aliphatic heterocycles. The maximum Gasteiger partial charge on any atom is 0.320 e. The van der Waals surface area contributed by atoms with Crippen LogP contribution in [0.15, 0.2) is 0 Å². The van der Waals surface area contributed by atoms with E-state index in [9.17, 15) is 4.79 Å². The van der Waals surface area contributed by atoms with E-state index in [1.165, 1.54) is 0 Å². The molecular formula is C14H28N2O5. The lowest BCUT2D eigenvalue weighted by molar-refractivity contribution is -0.143. The fourth-order valence-corrected chi connectivity index (χ4v) is 2.19. The summed E-state index contributed by atoms with van der Waals surface area (Å²) in [6.07, 6.45) is 0. The fraction of sp³-hybridized carbons (Fsp3) is 0.929. The van der Waals surface area contributed by atoms with Gasteiger partial charge < -0.3 is 19.3 Å². The smallest absolute Gasteiger partial charge is 0.320 e. The van der Waals surface area contributed by atoms with E-state index in [1.54, 1.807) is 14.0 Å². The summed E-state index contributed by atoms with van der Waals surface area (Å²) in [6.45, 7) is 9.09. The van der Waals surface area contributed by atoms with Crippen molar-refractivity contribution in [3.63, 3.8) is 0 Å². The summed E-state index contributed by atoms with van der Waals surface area (Å²) in [7, 11) is 1.65. The van der Waals surface area contributed by atoms with E-state index >= 15 is 0 Å². The van der Waals surface area contributed by atoms with Crippen molar-refractivity contribution in [2.24, 2.45) is 0 Å². The van der Waals surface area contributed by atoms with Crippen LogP contribution in [0.5, 0.6) is 0 Å². The van der Waals surface area contributed by atoms with Gasteiger partial charge in [-0.05, 0) is 6.92 Å². The molecule has 1 saturated heterocycles. The largest absolute Gasteiger partial charge is 0.480 e. The number of hydrogen-bond donors (Lipinski definition) is 1. The Hall–Kier alpha value is -0.730. The van der Waals surface area contributed by atoms with E-state index in [2.05, 4.69) is 4.90 Å². The normalized spacial score (nSPS) is 18.8. The lowest BCUT2D eigenvalue weighted by atomic mass is 10.2. The molecule has 0 aliphatic carbocycles. The average molecular weight is 304 g/mol. The second kappa shape index (κ2) is 10.9. The summed E-state index contributed by atoms with van der Waals surface area (Å²) in [5, 5.41) is 8.98. The first-order valence-corrected chi connectivity index (χ1v) is 7.48. The predicted octanol–water partition coefficient (Wildman–Crippen LogP) is -0.243. The van der Waals surface area contributed by atoms with Gasteiger partial charge in [-0.25, -0.2) is 0 Å². The number of carbonyl (C=O) groups is 1. The molecule has 0 aromatic carbocycles. The van der Waals surface area contributed by atoms with E-state index in [0.717, 1.165) is 32.7 Å². The molecule has 0 aromatic heterocycles. The second-order valence-electron chi connectivity index (χ2n) is 5.11. The lowest BCUT2D eigenvalue weighted by Gasteiger charge is -2.36. The van der Waals surface area contributed by atoms with Gasteiger partial charge >= 0.3 is 5.97 Å². The van der Waals surface area contributed by atoms with Gasteiger partial charge in [-0.2, -0.15) is 0 Å². The van der Waals surface area contributed by atoms with Gasteiger partial charge in [0.1, 0.15) is 6.04 Å². The van der Waals surface area contributed by atoms with Crippen LogP contribution in [0.25, 0.3) is 0 Å². The first-order valence-electron chi connectivity index (χ1n) is 7.48. The van der Waals surface area contributed by atoms with Crippen LogP contribution in [0.3, 0.4) is 0 Å². The van der Waals surface area contributed by atoms with Crippen molar-refractivity contribution in [3.05, 3.63) is 0 Å². The van der Waals surface area contributed by atoms with Gasteiger partial charge in [-0.15, -0.1) is 0 Å². The number of carboxylic acid groups (broad SMARTS) is 1. The highest BCUT2D eigenvalue weighted by Crippen LogP contribution is 2.06. The third-order valence-corrected chi connectivity index (χ3v) is 3.67. The van der Waals surface area contributed by atoms with E-state index in [1.807, 2.05) is 4.90 Å². The van der Waals surface area contributed by atoms with Gasteiger partial charge in [0.15, 0.2) is 0 Å². The molecule has 1 heterocycles. The van der Waals surface area contributed by atoms with Crippen LogP contribution in [0.4, 0.5) is 0 Å². The third-order valence-electron chi connectivity index (χ3n) is 3.67. The maximum atomic E-state index is 10.9. The van der Waals surface area contributed by atoms with Crippen molar-refractivity contribution in [2.75, 3.05) is 72.9 Å². The molecule has 0 bridgehead atoms. The van der Waals surface area contributed by atoms with Crippen molar-refractivity contribution in [1.82, 2.24) is 9.80 Å².